The molecule has 3 nitrogen and oxygen atoms in total. The van der Waals surface area contributed by atoms with E-state index in [1.165, 1.54) is 0 Å². The van der Waals surface area contributed by atoms with Gasteiger partial charge in [0.1, 0.15) is 4.64 Å². The lowest BCUT2D eigenvalue weighted by Crippen LogP contribution is -2.14. The molecule has 1 N–H and O–H groups in total. The van der Waals surface area contributed by atoms with Crippen molar-refractivity contribution in [2.75, 3.05) is 19.0 Å². The normalized spacial score (nSPS) is 10.5. The molecule has 0 unspecified atom stereocenters. The van der Waals surface area contributed by atoms with E-state index in [0.717, 1.165) is 11.6 Å². The highest BCUT2D eigenvalue weighted by Gasteiger charge is 2.03. The highest BCUT2D eigenvalue weighted by Crippen LogP contribution is 2.13. The minimum atomic E-state index is 0.448. The van der Waals surface area contributed by atoms with Crippen molar-refractivity contribution >= 4 is 18.2 Å². The van der Waals surface area contributed by atoms with Gasteiger partial charge in [0.15, 0.2) is 0 Å². The van der Waals surface area contributed by atoms with Gasteiger partial charge in [0.05, 0.1) is 0 Å². The Morgan fingerprint density at radius 3 is 2.54 bits per heavy atom. The molecule has 72 valence electrons. The Bertz CT molecular complexity index is 312. The zero-order chi connectivity index (χ0) is 10.0. The van der Waals surface area contributed by atoms with Crippen LogP contribution in [-0.2, 0) is 0 Å². The fraction of sp³-hybridized carbons (Fsp3) is 0.556. The van der Waals surface area contributed by atoms with Crippen LogP contribution in [0, 0.1) is 4.64 Å². The first-order valence-corrected chi connectivity index (χ1v) is 4.70. The molecule has 1 heterocycles. The lowest BCUT2D eigenvalue weighted by atomic mass is 10.1. The number of anilines is 1. The third-order valence-electron chi connectivity index (χ3n) is 1.80. The highest BCUT2D eigenvalue weighted by atomic mass is 32.1. The predicted octanol–water partition coefficient (Wildman–Crippen LogP) is 2.33. The fourth-order valence-corrected chi connectivity index (χ4v) is 1.20. The van der Waals surface area contributed by atoms with Gasteiger partial charge in [-0.05, 0) is 12.0 Å². The third kappa shape index (κ3) is 2.52. The van der Waals surface area contributed by atoms with Crippen LogP contribution in [-0.4, -0.2) is 24.1 Å². The summed E-state index contributed by atoms with van der Waals surface area (Å²) in [5.41, 5.74) is 1.13. The number of nitrogens with zero attached hydrogens (tertiary/aromatic N) is 2. The van der Waals surface area contributed by atoms with E-state index in [0.29, 0.717) is 10.6 Å². The number of aromatic amines is 1. The van der Waals surface area contributed by atoms with Crippen LogP contribution in [0.2, 0.25) is 0 Å². The maximum atomic E-state index is 5.07. The number of H-pyrrole nitrogens is 1. The summed E-state index contributed by atoms with van der Waals surface area (Å²) in [5, 5.41) is 0. The van der Waals surface area contributed by atoms with Crippen molar-refractivity contribution in [1.29, 1.82) is 0 Å². The molecule has 1 aromatic rings. The largest absolute Gasteiger partial charge is 0.349 e. The summed E-state index contributed by atoms with van der Waals surface area (Å²) in [4.78, 5) is 9.35. The van der Waals surface area contributed by atoms with Crippen molar-refractivity contribution in [1.82, 2.24) is 9.97 Å². The summed E-state index contributed by atoms with van der Waals surface area (Å²) in [7, 11) is 3.88. The molecule has 0 aromatic carbocycles. The summed E-state index contributed by atoms with van der Waals surface area (Å²) < 4.78 is 0.645. The average molecular weight is 197 g/mol. The van der Waals surface area contributed by atoms with Crippen LogP contribution >= 0.6 is 12.2 Å². The predicted molar refractivity (Wildman–Crippen MR) is 57.8 cm³/mol. The van der Waals surface area contributed by atoms with Crippen molar-refractivity contribution < 1.29 is 0 Å². The average Bonchev–Trinajstić information content (AvgIpc) is 2.03. The second kappa shape index (κ2) is 3.87. The summed E-state index contributed by atoms with van der Waals surface area (Å²) in [6.45, 7) is 4.25. The second-order valence-corrected chi connectivity index (χ2v) is 3.97. The first-order valence-electron chi connectivity index (χ1n) is 4.29. The Hall–Kier alpha value is -0.900. The highest BCUT2D eigenvalue weighted by molar-refractivity contribution is 7.71. The molecule has 0 aliphatic rings. The van der Waals surface area contributed by atoms with Crippen molar-refractivity contribution in [2.24, 2.45) is 0 Å². The van der Waals surface area contributed by atoms with E-state index in [9.17, 15) is 0 Å². The number of rotatable bonds is 2. The molecule has 0 radical (unpaired) electrons. The van der Waals surface area contributed by atoms with E-state index in [1.807, 2.05) is 25.1 Å². The van der Waals surface area contributed by atoms with Gasteiger partial charge in [-0.15, -0.1) is 0 Å². The second-order valence-electron chi connectivity index (χ2n) is 3.55. The smallest absolute Gasteiger partial charge is 0.203 e. The van der Waals surface area contributed by atoms with Gasteiger partial charge in [-0.3, -0.25) is 0 Å². The van der Waals surface area contributed by atoms with Crippen LogP contribution in [0.4, 0.5) is 5.95 Å². The molecule has 4 heteroatoms. The van der Waals surface area contributed by atoms with Crippen LogP contribution in [0.1, 0.15) is 25.5 Å². The van der Waals surface area contributed by atoms with Crippen LogP contribution in [0.25, 0.3) is 0 Å². The van der Waals surface area contributed by atoms with Gasteiger partial charge in [-0.1, -0.05) is 26.1 Å². The van der Waals surface area contributed by atoms with Crippen LogP contribution in [0.5, 0.6) is 0 Å². The van der Waals surface area contributed by atoms with Gasteiger partial charge >= 0.3 is 0 Å². The molecule has 0 aliphatic heterocycles. The molecule has 0 bridgehead atoms. The van der Waals surface area contributed by atoms with Crippen molar-refractivity contribution in [3.8, 4) is 0 Å². The SMILES string of the molecule is CC(C)c1cc(=S)nc(N(C)C)[nH]1. The summed E-state index contributed by atoms with van der Waals surface area (Å²) in [6.07, 6.45) is 0. The molecule has 0 spiro atoms. The number of aromatic nitrogens is 2. The Morgan fingerprint density at radius 1 is 1.46 bits per heavy atom. The lowest BCUT2D eigenvalue weighted by molar-refractivity contribution is 0.804. The summed E-state index contributed by atoms with van der Waals surface area (Å²) in [5.74, 6) is 1.26. The quantitative estimate of drug-likeness (QED) is 0.738. The van der Waals surface area contributed by atoms with Crippen LogP contribution in [0.3, 0.4) is 0 Å². The Kier molecular flexibility index (Phi) is 3.03. The van der Waals surface area contributed by atoms with Gasteiger partial charge in [-0.25, -0.2) is 4.98 Å². The van der Waals surface area contributed by atoms with E-state index in [2.05, 4.69) is 23.8 Å². The molecule has 1 aromatic heterocycles. The molecule has 0 amide bonds. The summed E-state index contributed by atoms with van der Waals surface area (Å²) in [6, 6.07) is 1.91. The van der Waals surface area contributed by atoms with E-state index in [1.54, 1.807) is 0 Å². The van der Waals surface area contributed by atoms with Gasteiger partial charge in [-0.2, -0.15) is 0 Å². The molecular formula is C9H15N3S. The van der Waals surface area contributed by atoms with E-state index in [-0.39, 0.29) is 0 Å². The fourth-order valence-electron chi connectivity index (χ4n) is 0.986. The zero-order valence-electron chi connectivity index (χ0n) is 8.46. The first kappa shape index (κ1) is 10.2. The third-order valence-corrected chi connectivity index (χ3v) is 2.01. The molecular weight excluding hydrogens is 182 g/mol. The van der Waals surface area contributed by atoms with Gasteiger partial charge in [0.2, 0.25) is 5.95 Å². The first-order chi connectivity index (χ1) is 6.00. The maximum absolute atomic E-state index is 5.07. The topological polar surface area (TPSA) is 31.9 Å². The Morgan fingerprint density at radius 2 is 2.08 bits per heavy atom. The minimum Gasteiger partial charge on any atom is -0.349 e. The van der Waals surface area contributed by atoms with Crippen molar-refractivity contribution in [2.45, 2.75) is 19.8 Å². The maximum Gasteiger partial charge on any atom is 0.203 e. The monoisotopic (exact) mass is 197 g/mol. The summed E-state index contributed by atoms with van der Waals surface area (Å²) >= 11 is 5.07. The number of nitrogens with one attached hydrogen (secondary N) is 1. The van der Waals surface area contributed by atoms with Crippen LogP contribution in [0.15, 0.2) is 6.07 Å². The van der Waals surface area contributed by atoms with Crippen LogP contribution < -0.4 is 4.90 Å². The number of hydrogen-bond donors (Lipinski definition) is 1. The molecule has 13 heavy (non-hydrogen) atoms. The molecule has 0 aliphatic carbocycles. The molecule has 0 saturated carbocycles. The van der Waals surface area contributed by atoms with Gasteiger partial charge < -0.3 is 9.88 Å². The Labute approximate surface area is 83.8 Å². The van der Waals surface area contributed by atoms with Gasteiger partial charge in [0, 0.05) is 19.8 Å². The zero-order valence-corrected chi connectivity index (χ0v) is 9.27. The van der Waals surface area contributed by atoms with E-state index < -0.39 is 0 Å². The lowest BCUT2D eigenvalue weighted by Gasteiger charge is -2.13. The Balaban J connectivity index is 3.19. The van der Waals surface area contributed by atoms with E-state index in [4.69, 9.17) is 12.2 Å². The number of hydrogen-bond acceptors (Lipinski definition) is 3. The van der Waals surface area contributed by atoms with Crippen molar-refractivity contribution in [3.05, 3.63) is 16.4 Å². The minimum absolute atomic E-state index is 0.448. The van der Waals surface area contributed by atoms with E-state index >= 15 is 0 Å². The standard InChI is InChI=1S/C9H15N3S/c1-6(2)7-5-8(13)11-9(10-7)12(3)4/h5-6H,1-4H3,(H,10,11,13). The molecule has 1 rings (SSSR count). The molecule has 0 fully saturated rings. The van der Waals surface area contributed by atoms with Gasteiger partial charge in [0.25, 0.3) is 0 Å². The molecule has 0 saturated heterocycles. The molecule has 0 atom stereocenters. The van der Waals surface area contributed by atoms with Crippen molar-refractivity contribution in [3.63, 3.8) is 0 Å².